The Morgan fingerprint density at radius 3 is 2.94 bits per heavy atom. The molecule has 0 fully saturated rings. The van der Waals surface area contributed by atoms with Crippen LogP contribution in [0.4, 0.5) is 5.69 Å². The third kappa shape index (κ3) is 2.04. The molecule has 0 saturated carbocycles. The topological polar surface area (TPSA) is 64.7 Å². The minimum Gasteiger partial charge on any atom is -0.398 e. The van der Waals surface area contributed by atoms with E-state index in [0.717, 1.165) is 31.6 Å². The fourth-order valence-electron chi connectivity index (χ4n) is 1.66. The summed E-state index contributed by atoms with van der Waals surface area (Å²) in [6, 6.07) is 7.75. The average molecular weight is 274 g/mol. The van der Waals surface area contributed by atoms with E-state index in [2.05, 4.69) is 14.3 Å². The summed E-state index contributed by atoms with van der Waals surface area (Å²) in [5.74, 6) is 0.801. The summed E-state index contributed by atoms with van der Waals surface area (Å²) < 4.78 is 5.10. The molecule has 4 nitrogen and oxygen atoms in total. The average Bonchev–Trinajstić information content (AvgIpc) is 2.79. The van der Waals surface area contributed by atoms with Crippen LogP contribution in [-0.2, 0) is 0 Å². The van der Waals surface area contributed by atoms with Crippen LogP contribution in [-0.4, -0.2) is 14.3 Å². The van der Waals surface area contributed by atoms with Crippen molar-refractivity contribution in [2.75, 3.05) is 5.73 Å². The molecule has 0 radical (unpaired) electrons. The Kier molecular flexibility index (Phi) is 2.89. The highest BCUT2D eigenvalue weighted by molar-refractivity contribution is 8.01. The first kappa shape index (κ1) is 11.4. The number of aryl methyl sites for hydroxylation is 1. The van der Waals surface area contributed by atoms with E-state index in [1.165, 1.54) is 11.5 Å². The smallest absolute Gasteiger partial charge is 0.174 e. The summed E-state index contributed by atoms with van der Waals surface area (Å²) in [4.78, 5) is 9.80. The van der Waals surface area contributed by atoms with E-state index < -0.39 is 0 Å². The van der Waals surface area contributed by atoms with E-state index in [1.54, 1.807) is 18.0 Å². The number of benzene rings is 1. The van der Waals surface area contributed by atoms with Gasteiger partial charge >= 0.3 is 0 Å². The normalized spacial score (nSPS) is 10.9. The minimum atomic E-state index is 0.746. The number of nitrogen functional groups attached to an aromatic ring is 1. The lowest BCUT2D eigenvalue weighted by Crippen LogP contribution is -1.89. The van der Waals surface area contributed by atoms with Gasteiger partial charge in [0.2, 0.25) is 0 Å². The molecule has 3 rings (SSSR count). The Labute approximate surface area is 112 Å². The Morgan fingerprint density at radius 2 is 2.17 bits per heavy atom. The molecule has 2 N–H and O–H groups in total. The van der Waals surface area contributed by atoms with Crippen molar-refractivity contribution in [3.8, 4) is 0 Å². The highest BCUT2D eigenvalue weighted by Crippen LogP contribution is 2.35. The van der Waals surface area contributed by atoms with Crippen molar-refractivity contribution in [2.45, 2.75) is 16.2 Å². The number of hydrogen-bond donors (Lipinski definition) is 1. The lowest BCUT2D eigenvalue weighted by molar-refractivity contribution is 1.10. The minimum absolute atomic E-state index is 0.746. The number of pyridine rings is 1. The van der Waals surface area contributed by atoms with E-state index in [9.17, 15) is 0 Å². The third-order valence-electron chi connectivity index (χ3n) is 2.47. The van der Waals surface area contributed by atoms with Crippen LogP contribution in [0.3, 0.4) is 0 Å². The number of nitrogens with two attached hydrogens (primary N) is 1. The van der Waals surface area contributed by atoms with Gasteiger partial charge in [-0.05, 0) is 42.7 Å². The third-order valence-corrected chi connectivity index (χ3v) is 4.36. The number of hydrogen-bond acceptors (Lipinski definition) is 6. The molecule has 0 amide bonds. The molecule has 2 heterocycles. The Morgan fingerprint density at radius 1 is 1.28 bits per heavy atom. The van der Waals surface area contributed by atoms with Crippen LogP contribution in [0.15, 0.2) is 39.7 Å². The van der Waals surface area contributed by atoms with Gasteiger partial charge in [0.25, 0.3) is 0 Å². The van der Waals surface area contributed by atoms with Gasteiger partial charge in [-0.3, -0.25) is 4.98 Å². The van der Waals surface area contributed by atoms with Crippen LogP contribution < -0.4 is 5.73 Å². The van der Waals surface area contributed by atoms with Gasteiger partial charge in [0, 0.05) is 22.2 Å². The molecule has 0 bridgehead atoms. The summed E-state index contributed by atoms with van der Waals surface area (Å²) in [6.45, 7) is 1.89. The fourth-order valence-corrected chi connectivity index (χ4v) is 3.38. The van der Waals surface area contributed by atoms with Gasteiger partial charge in [-0.15, -0.1) is 0 Å². The van der Waals surface area contributed by atoms with Gasteiger partial charge in [0.05, 0.1) is 5.52 Å². The Balaban J connectivity index is 2.09. The van der Waals surface area contributed by atoms with Crippen LogP contribution in [0.2, 0.25) is 0 Å². The van der Waals surface area contributed by atoms with E-state index in [0.29, 0.717) is 0 Å². The van der Waals surface area contributed by atoms with Crippen LogP contribution >= 0.6 is 23.3 Å². The zero-order chi connectivity index (χ0) is 12.5. The Bertz CT molecular complexity index is 708. The largest absolute Gasteiger partial charge is 0.398 e. The predicted molar refractivity (Wildman–Crippen MR) is 74.9 cm³/mol. The van der Waals surface area contributed by atoms with Crippen molar-refractivity contribution in [3.05, 3.63) is 36.3 Å². The summed E-state index contributed by atoms with van der Waals surface area (Å²) in [5, 5.41) is 0.976. The van der Waals surface area contributed by atoms with Crippen molar-refractivity contribution in [1.29, 1.82) is 0 Å². The van der Waals surface area contributed by atoms with Crippen molar-refractivity contribution < 1.29 is 0 Å². The first-order valence-electron chi connectivity index (χ1n) is 5.35. The molecular formula is C12H10N4S2. The van der Waals surface area contributed by atoms with Crippen molar-refractivity contribution >= 4 is 39.9 Å². The second kappa shape index (κ2) is 4.55. The van der Waals surface area contributed by atoms with E-state index in [1.807, 2.05) is 31.2 Å². The molecule has 18 heavy (non-hydrogen) atoms. The molecule has 0 atom stereocenters. The quantitative estimate of drug-likeness (QED) is 0.727. The predicted octanol–water partition coefficient (Wildman–Crippen LogP) is 3.13. The summed E-state index contributed by atoms with van der Waals surface area (Å²) in [5.41, 5.74) is 7.61. The van der Waals surface area contributed by atoms with Gasteiger partial charge in [-0.2, -0.15) is 4.37 Å². The lowest BCUT2D eigenvalue weighted by atomic mass is 10.2. The first-order valence-corrected chi connectivity index (χ1v) is 6.94. The molecule has 3 aromatic rings. The molecule has 1 aromatic carbocycles. The van der Waals surface area contributed by atoms with E-state index in [4.69, 9.17) is 5.73 Å². The standard InChI is InChI=1S/C12H10N4S2/c1-7-15-12(18-16-7)17-10-5-4-9(13)8-3-2-6-14-11(8)10/h2-6H,13H2,1H3. The molecule has 6 heteroatoms. The maximum atomic E-state index is 5.95. The fraction of sp³-hybridized carbons (Fsp3) is 0.0833. The highest BCUT2D eigenvalue weighted by Gasteiger charge is 2.09. The van der Waals surface area contributed by atoms with Crippen LogP contribution in [0.25, 0.3) is 10.9 Å². The summed E-state index contributed by atoms with van der Waals surface area (Å²) in [7, 11) is 0. The molecule has 0 unspecified atom stereocenters. The monoisotopic (exact) mass is 274 g/mol. The summed E-state index contributed by atoms with van der Waals surface area (Å²) >= 11 is 2.97. The van der Waals surface area contributed by atoms with Crippen LogP contribution in [0, 0.1) is 6.92 Å². The SMILES string of the molecule is Cc1nsc(Sc2ccc(N)c3cccnc23)n1. The zero-order valence-corrected chi connectivity index (χ0v) is 11.3. The number of nitrogens with zero attached hydrogens (tertiary/aromatic N) is 3. The van der Waals surface area contributed by atoms with Gasteiger partial charge in [-0.25, -0.2) is 4.98 Å². The number of rotatable bonds is 2. The second-order valence-corrected chi connectivity index (χ2v) is 5.80. The number of aromatic nitrogens is 3. The maximum Gasteiger partial charge on any atom is 0.174 e. The van der Waals surface area contributed by atoms with Crippen molar-refractivity contribution in [1.82, 2.24) is 14.3 Å². The van der Waals surface area contributed by atoms with Crippen molar-refractivity contribution in [3.63, 3.8) is 0 Å². The molecule has 90 valence electrons. The van der Waals surface area contributed by atoms with Gasteiger partial charge < -0.3 is 5.73 Å². The van der Waals surface area contributed by atoms with Crippen molar-refractivity contribution in [2.24, 2.45) is 0 Å². The van der Waals surface area contributed by atoms with E-state index in [-0.39, 0.29) is 0 Å². The first-order chi connectivity index (χ1) is 8.74. The van der Waals surface area contributed by atoms with Crippen LogP contribution in [0.5, 0.6) is 0 Å². The molecule has 0 aliphatic rings. The molecule has 0 spiro atoms. The van der Waals surface area contributed by atoms with Gasteiger partial charge in [0.15, 0.2) is 4.34 Å². The van der Waals surface area contributed by atoms with Gasteiger partial charge in [-0.1, -0.05) is 11.8 Å². The summed E-state index contributed by atoms with van der Waals surface area (Å²) in [6.07, 6.45) is 1.77. The maximum absolute atomic E-state index is 5.95. The molecule has 0 aliphatic carbocycles. The molecule has 0 aliphatic heterocycles. The lowest BCUT2D eigenvalue weighted by Gasteiger charge is -2.05. The second-order valence-electron chi connectivity index (χ2n) is 3.76. The number of fused-ring (bicyclic) bond motifs is 1. The zero-order valence-electron chi connectivity index (χ0n) is 9.62. The Hall–Kier alpha value is -1.66. The highest BCUT2D eigenvalue weighted by atomic mass is 32.2. The van der Waals surface area contributed by atoms with Gasteiger partial charge in [0.1, 0.15) is 5.82 Å². The van der Waals surface area contributed by atoms with Crippen LogP contribution in [0.1, 0.15) is 5.82 Å². The molecule has 2 aromatic heterocycles. The number of anilines is 1. The molecule has 0 saturated heterocycles. The van der Waals surface area contributed by atoms with E-state index >= 15 is 0 Å². The molecular weight excluding hydrogens is 264 g/mol.